The van der Waals surface area contributed by atoms with Crippen LogP contribution in [-0.2, 0) is 10.5 Å². The van der Waals surface area contributed by atoms with Crippen molar-refractivity contribution in [1.29, 1.82) is 0 Å². The Balaban J connectivity index is 1.36. The standard InChI is InChI=1S/C19H20N2OS3/c22-18(13-23-12-15-6-4-10-24-15)21-9-3-5-14(11-21)19-20-16-7-1-2-8-17(16)25-19/h1-2,4,6-8,10,14H,3,5,9,11-13H2/t14-/m0/s1. The lowest BCUT2D eigenvalue weighted by molar-refractivity contribution is -0.129. The van der Waals surface area contributed by atoms with E-state index in [1.165, 1.54) is 14.6 Å². The fraction of sp³-hybridized carbons (Fsp3) is 0.368. The summed E-state index contributed by atoms with van der Waals surface area (Å²) in [5.41, 5.74) is 1.08. The number of piperidine rings is 1. The van der Waals surface area contributed by atoms with E-state index in [-0.39, 0.29) is 5.91 Å². The molecule has 0 unspecified atom stereocenters. The largest absolute Gasteiger partial charge is 0.341 e. The molecule has 1 amide bonds. The zero-order valence-corrected chi connectivity index (χ0v) is 16.3. The molecular weight excluding hydrogens is 368 g/mol. The Hall–Kier alpha value is -1.37. The molecule has 0 N–H and O–H groups in total. The summed E-state index contributed by atoms with van der Waals surface area (Å²) in [6, 6.07) is 12.5. The molecular formula is C19H20N2OS3. The number of thiazole rings is 1. The second-order valence-corrected chi connectivity index (χ2v) is 9.35. The maximum Gasteiger partial charge on any atom is 0.232 e. The summed E-state index contributed by atoms with van der Waals surface area (Å²) in [5.74, 6) is 2.16. The number of hydrogen-bond donors (Lipinski definition) is 0. The summed E-state index contributed by atoms with van der Waals surface area (Å²) in [5, 5.41) is 3.27. The molecule has 0 saturated carbocycles. The van der Waals surface area contributed by atoms with E-state index >= 15 is 0 Å². The quantitative estimate of drug-likeness (QED) is 0.617. The summed E-state index contributed by atoms with van der Waals surface area (Å²) in [7, 11) is 0. The average Bonchev–Trinajstić information content (AvgIpc) is 3.31. The number of likely N-dealkylation sites (tertiary alicyclic amines) is 1. The summed E-state index contributed by atoms with van der Waals surface area (Å²) in [6.45, 7) is 1.71. The van der Waals surface area contributed by atoms with Crippen LogP contribution >= 0.6 is 34.4 Å². The Bertz CT molecular complexity index is 810. The number of carbonyl (C=O) groups is 1. The van der Waals surface area contributed by atoms with E-state index in [0.717, 1.165) is 37.2 Å². The van der Waals surface area contributed by atoms with Crippen molar-refractivity contribution in [3.63, 3.8) is 0 Å². The van der Waals surface area contributed by atoms with E-state index in [9.17, 15) is 4.79 Å². The number of nitrogens with zero attached hydrogens (tertiary/aromatic N) is 2. The molecule has 1 aromatic carbocycles. The zero-order valence-electron chi connectivity index (χ0n) is 13.9. The SMILES string of the molecule is O=C(CSCc1cccs1)N1CCC[C@H](c2nc3ccccc3s2)C1. The minimum Gasteiger partial charge on any atom is -0.341 e. The molecule has 0 aliphatic carbocycles. The van der Waals surface area contributed by atoms with Gasteiger partial charge in [0.1, 0.15) is 0 Å². The van der Waals surface area contributed by atoms with Crippen molar-refractivity contribution in [3.8, 4) is 0 Å². The molecule has 6 heteroatoms. The van der Waals surface area contributed by atoms with Gasteiger partial charge in [-0.2, -0.15) is 0 Å². The minimum atomic E-state index is 0.271. The van der Waals surface area contributed by atoms with E-state index in [1.54, 1.807) is 34.4 Å². The van der Waals surface area contributed by atoms with Crippen LogP contribution < -0.4 is 0 Å². The van der Waals surface area contributed by atoms with E-state index in [4.69, 9.17) is 4.98 Å². The predicted molar refractivity (Wildman–Crippen MR) is 109 cm³/mol. The van der Waals surface area contributed by atoms with Gasteiger partial charge in [-0.05, 0) is 36.4 Å². The maximum absolute atomic E-state index is 12.6. The van der Waals surface area contributed by atoms with Gasteiger partial charge in [0.2, 0.25) is 5.91 Å². The molecule has 130 valence electrons. The van der Waals surface area contributed by atoms with Gasteiger partial charge in [-0.15, -0.1) is 34.4 Å². The minimum absolute atomic E-state index is 0.271. The molecule has 0 radical (unpaired) electrons. The highest BCUT2D eigenvalue weighted by Gasteiger charge is 2.26. The Kier molecular flexibility index (Phi) is 5.39. The number of aromatic nitrogens is 1. The number of benzene rings is 1. The van der Waals surface area contributed by atoms with Crippen molar-refractivity contribution in [2.75, 3.05) is 18.8 Å². The highest BCUT2D eigenvalue weighted by atomic mass is 32.2. The Morgan fingerprint density at radius 1 is 1.28 bits per heavy atom. The van der Waals surface area contributed by atoms with Crippen molar-refractivity contribution in [3.05, 3.63) is 51.7 Å². The molecule has 0 bridgehead atoms. The number of thioether (sulfide) groups is 1. The van der Waals surface area contributed by atoms with Crippen molar-refractivity contribution < 1.29 is 4.79 Å². The van der Waals surface area contributed by atoms with Gasteiger partial charge in [0.15, 0.2) is 0 Å². The van der Waals surface area contributed by atoms with Crippen LogP contribution in [0.2, 0.25) is 0 Å². The molecule has 1 fully saturated rings. The lowest BCUT2D eigenvalue weighted by Gasteiger charge is -2.31. The molecule has 4 rings (SSSR count). The first-order valence-electron chi connectivity index (χ1n) is 8.53. The van der Waals surface area contributed by atoms with Gasteiger partial charge in [0.25, 0.3) is 0 Å². The predicted octanol–water partition coefficient (Wildman–Crippen LogP) is 5.00. The van der Waals surface area contributed by atoms with Crippen LogP contribution in [0.25, 0.3) is 10.2 Å². The van der Waals surface area contributed by atoms with Gasteiger partial charge in [0.05, 0.1) is 21.0 Å². The van der Waals surface area contributed by atoms with Crippen LogP contribution in [0.5, 0.6) is 0 Å². The Morgan fingerprint density at radius 3 is 3.04 bits per heavy atom. The van der Waals surface area contributed by atoms with Crippen molar-refractivity contribution in [2.24, 2.45) is 0 Å². The average molecular weight is 389 g/mol. The molecule has 1 atom stereocenters. The highest BCUT2D eigenvalue weighted by molar-refractivity contribution is 7.99. The van der Waals surface area contributed by atoms with Crippen LogP contribution in [0.15, 0.2) is 41.8 Å². The summed E-state index contributed by atoms with van der Waals surface area (Å²) < 4.78 is 1.24. The topological polar surface area (TPSA) is 33.2 Å². The Labute approximate surface area is 160 Å². The molecule has 3 aromatic rings. The first kappa shape index (κ1) is 17.1. The maximum atomic E-state index is 12.6. The summed E-state index contributed by atoms with van der Waals surface area (Å²) >= 11 is 5.26. The third-order valence-electron chi connectivity index (χ3n) is 4.48. The van der Waals surface area contributed by atoms with Crippen molar-refractivity contribution >= 4 is 50.6 Å². The number of rotatable bonds is 5. The third-order valence-corrected chi connectivity index (χ3v) is 7.71. The van der Waals surface area contributed by atoms with Gasteiger partial charge in [0, 0.05) is 29.6 Å². The van der Waals surface area contributed by atoms with Crippen molar-refractivity contribution in [2.45, 2.75) is 24.5 Å². The first-order chi connectivity index (χ1) is 12.3. The lowest BCUT2D eigenvalue weighted by atomic mass is 9.99. The molecule has 3 heterocycles. The van der Waals surface area contributed by atoms with Gasteiger partial charge >= 0.3 is 0 Å². The van der Waals surface area contributed by atoms with Gasteiger partial charge in [-0.3, -0.25) is 4.79 Å². The second-order valence-electron chi connectivity index (χ2n) is 6.27. The fourth-order valence-electron chi connectivity index (χ4n) is 3.19. The molecule has 0 spiro atoms. The number of amides is 1. The second kappa shape index (κ2) is 7.89. The number of para-hydroxylation sites is 1. The first-order valence-corrected chi connectivity index (χ1v) is 11.4. The fourth-order valence-corrected chi connectivity index (χ4v) is 6.06. The monoisotopic (exact) mass is 388 g/mol. The zero-order chi connectivity index (χ0) is 17.1. The van der Waals surface area contributed by atoms with Crippen LogP contribution in [0.3, 0.4) is 0 Å². The van der Waals surface area contributed by atoms with Crippen LogP contribution in [0.4, 0.5) is 0 Å². The molecule has 3 nitrogen and oxygen atoms in total. The molecule has 25 heavy (non-hydrogen) atoms. The normalized spacial score (nSPS) is 17.9. The van der Waals surface area contributed by atoms with E-state index < -0.39 is 0 Å². The molecule has 1 saturated heterocycles. The summed E-state index contributed by atoms with van der Waals surface area (Å²) in [6.07, 6.45) is 2.20. The smallest absolute Gasteiger partial charge is 0.232 e. The van der Waals surface area contributed by atoms with Gasteiger partial charge in [-0.25, -0.2) is 4.98 Å². The van der Waals surface area contributed by atoms with Crippen LogP contribution in [-0.4, -0.2) is 34.6 Å². The van der Waals surface area contributed by atoms with Crippen molar-refractivity contribution in [1.82, 2.24) is 9.88 Å². The van der Waals surface area contributed by atoms with Crippen LogP contribution in [0.1, 0.15) is 28.6 Å². The Morgan fingerprint density at radius 2 is 2.20 bits per heavy atom. The van der Waals surface area contributed by atoms with E-state index in [1.807, 2.05) is 11.0 Å². The van der Waals surface area contributed by atoms with Crippen LogP contribution in [0, 0.1) is 0 Å². The van der Waals surface area contributed by atoms with E-state index in [0.29, 0.717) is 11.7 Å². The third kappa shape index (κ3) is 4.07. The number of thiophene rings is 1. The van der Waals surface area contributed by atoms with Gasteiger partial charge in [-0.1, -0.05) is 18.2 Å². The number of carbonyl (C=O) groups excluding carboxylic acids is 1. The molecule has 1 aliphatic heterocycles. The highest BCUT2D eigenvalue weighted by Crippen LogP contribution is 2.33. The number of fused-ring (bicyclic) bond motifs is 1. The molecule has 1 aliphatic rings. The summed E-state index contributed by atoms with van der Waals surface area (Å²) in [4.78, 5) is 20.8. The van der Waals surface area contributed by atoms with Gasteiger partial charge < -0.3 is 4.90 Å². The number of hydrogen-bond acceptors (Lipinski definition) is 5. The lowest BCUT2D eigenvalue weighted by Crippen LogP contribution is -2.40. The van der Waals surface area contributed by atoms with E-state index in [2.05, 4.69) is 35.7 Å². The molecule has 2 aromatic heterocycles.